The molecule has 1 heterocycles. The zero-order valence-electron chi connectivity index (χ0n) is 13.4. The highest BCUT2D eigenvalue weighted by atomic mass is 35.5. The summed E-state index contributed by atoms with van der Waals surface area (Å²) in [5, 5.41) is 5.57. The fourth-order valence-corrected chi connectivity index (χ4v) is 3.03. The molecule has 0 bridgehead atoms. The lowest BCUT2D eigenvalue weighted by Gasteiger charge is -2.16. The lowest BCUT2D eigenvalue weighted by Crippen LogP contribution is -2.30. The maximum atomic E-state index is 12.4. The molecule has 23 heavy (non-hydrogen) atoms. The number of amides is 1. The van der Waals surface area contributed by atoms with Crippen LogP contribution in [0.15, 0.2) is 18.2 Å². The number of carbonyl (C=O) groups is 1. The quantitative estimate of drug-likeness (QED) is 0.835. The Labute approximate surface area is 146 Å². The second-order valence-electron chi connectivity index (χ2n) is 6.07. The average Bonchev–Trinajstić information content (AvgIpc) is 3.32. The van der Waals surface area contributed by atoms with Gasteiger partial charge in [0.15, 0.2) is 0 Å². The molecule has 0 atom stereocenters. The Kier molecular flexibility index (Phi) is 4.39. The van der Waals surface area contributed by atoms with E-state index >= 15 is 0 Å². The van der Waals surface area contributed by atoms with Gasteiger partial charge in [-0.3, -0.25) is 4.79 Å². The second-order valence-corrected chi connectivity index (χ2v) is 6.89. The molecule has 0 saturated heterocycles. The van der Waals surface area contributed by atoms with Crippen LogP contribution < -0.4 is 0 Å². The first kappa shape index (κ1) is 16.3. The topological polar surface area (TPSA) is 38.1 Å². The van der Waals surface area contributed by atoms with E-state index in [0.717, 1.165) is 35.5 Å². The molecule has 1 saturated carbocycles. The maximum absolute atomic E-state index is 12.4. The van der Waals surface area contributed by atoms with Gasteiger partial charge in [-0.25, -0.2) is 4.68 Å². The van der Waals surface area contributed by atoms with E-state index < -0.39 is 0 Å². The van der Waals surface area contributed by atoms with Crippen molar-refractivity contribution in [3.05, 3.63) is 45.2 Å². The van der Waals surface area contributed by atoms with Gasteiger partial charge in [-0.2, -0.15) is 5.10 Å². The van der Waals surface area contributed by atoms with Crippen LogP contribution in [0.5, 0.6) is 0 Å². The minimum atomic E-state index is 0.146. The average molecular weight is 352 g/mol. The van der Waals surface area contributed by atoms with Gasteiger partial charge in [0.05, 0.1) is 27.8 Å². The third-order valence-corrected chi connectivity index (χ3v) is 5.14. The van der Waals surface area contributed by atoms with Crippen LogP contribution in [0.2, 0.25) is 10.0 Å². The molecular formula is C17H19Cl2N3O. The van der Waals surface area contributed by atoms with Crippen molar-refractivity contribution in [3.63, 3.8) is 0 Å². The molecule has 1 amide bonds. The van der Waals surface area contributed by atoms with E-state index in [4.69, 9.17) is 23.2 Å². The molecule has 0 spiro atoms. The highest BCUT2D eigenvalue weighted by Crippen LogP contribution is 2.28. The highest BCUT2D eigenvalue weighted by molar-refractivity contribution is 6.42. The van der Waals surface area contributed by atoms with Crippen LogP contribution in [0.3, 0.4) is 0 Å². The van der Waals surface area contributed by atoms with E-state index in [1.807, 2.05) is 36.5 Å². The summed E-state index contributed by atoms with van der Waals surface area (Å²) in [6.07, 6.45) is 2.61. The first-order valence-electron chi connectivity index (χ1n) is 7.64. The van der Waals surface area contributed by atoms with Gasteiger partial charge in [0, 0.05) is 24.3 Å². The lowest BCUT2D eigenvalue weighted by atomic mass is 10.1. The van der Waals surface area contributed by atoms with Crippen LogP contribution in [-0.2, 0) is 11.2 Å². The Hall–Kier alpha value is -1.52. The fourth-order valence-electron chi connectivity index (χ4n) is 2.74. The Morgan fingerprint density at radius 1 is 1.30 bits per heavy atom. The summed E-state index contributed by atoms with van der Waals surface area (Å²) in [5.41, 5.74) is 3.65. The Morgan fingerprint density at radius 3 is 2.61 bits per heavy atom. The summed E-state index contributed by atoms with van der Waals surface area (Å²) in [4.78, 5) is 14.2. The smallest absolute Gasteiger partial charge is 0.227 e. The van der Waals surface area contributed by atoms with E-state index in [1.165, 1.54) is 0 Å². The van der Waals surface area contributed by atoms with E-state index in [9.17, 15) is 4.79 Å². The normalized spacial score (nSPS) is 14.1. The number of aromatic nitrogens is 2. The van der Waals surface area contributed by atoms with Crippen molar-refractivity contribution in [1.29, 1.82) is 0 Å². The summed E-state index contributed by atoms with van der Waals surface area (Å²) in [6.45, 7) is 3.91. The molecule has 3 rings (SSSR count). The van der Waals surface area contributed by atoms with Crippen molar-refractivity contribution in [2.75, 3.05) is 7.05 Å². The first-order chi connectivity index (χ1) is 10.9. The van der Waals surface area contributed by atoms with Gasteiger partial charge in [0.25, 0.3) is 0 Å². The summed E-state index contributed by atoms with van der Waals surface area (Å²) in [5.74, 6) is 0.146. The zero-order valence-corrected chi connectivity index (χ0v) is 14.9. The van der Waals surface area contributed by atoms with E-state index in [0.29, 0.717) is 22.5 Å². The van der Waals surface area contributed by atoms with Crippen molar-refractivity contribution >= 4 is 29.1 Å². The summed E-state index contributed by atoms with van der Waals surface area (Å²) in [7, 11) is 1.88. The van der Waals surface area contributed by atoms with Gasteiger partial charge in [-0.05, 0) is 44.9 Å². The second kappa shape index (κ2) is 6.17. The van der Waals surface area contributed by atoms with E-state index in [2.05, 4.69) is 5.10 Å². The molecule has 0 radical (unpaired) electrons. The SMILES string of the molecule is Cc1nn(-c2ccc(Cl)c(Cl)c2)c(C)c1CC(=O)N(C)C1CC1. The van der Waals surface area contributed by atoms with Crippen molar-refractivity contribution < 1.29 is 4.79 Å². The van der Waals surface area contributed by atoms with Crippen molar-refractivity contribution in [3.8, 4) is 5.69 Å². The third kappa shape index (κ3) is 3.24. The maximum Gasteiger partial charge on any atom is 0.227 e. The van der Waals surface area contributed by atoms with Gasteiger partial charge < -0.3 is 4.90 Å². The molecule has 1 aliphatic carbocycles. The van der Waals surface area contributed by atoms with Crippen molar-refractivity contribution in [2.45, 2.75) is 39.2 Å². The Morgan fingerprint density at radius 2 is 2.00 bits per heavy atom. The number of hydrogen-bond donors (Lipinski definition) is 0. The van der Waals surface area contributed by atoms with Crippen LogP contribution in [0, 0.1) is 13.8 Å². The van der Waals surface area contributed by atoms with E-state index in [1.54, 1.807) is 12.1 Å². The van der Waals surface area contributed by atoms with Crippen LogP contribution in [-0.4, -0.2) is 33.7 Å². The molecule has 6 heteroatoms. The highest BCUT2D eigenvalue weighted by Gasteiger charge is 2.30. The molecule has 2 aromatic rings. The number of likely N-dealkylation sites (N-methyl/N-ethyl adjacent to an activating group) is 1. The van der Waals surface area contributed by atoms with Gasteiger partial charge in [-0.1, -0.05) is 23.2 Å². The number of aryl methyl sites for hydroxylation is 1. The number of carbonyl (C=O) groups excluding carboxylic acids is 1. The minimum Gasteiger partial charge on any atom is -0.342 e. The molecule has 1 aromatic carbocycles. The molecule has 0 unspecified atom stereocenters. The van der Waals surface area contributed by atoms with Crippen molar-refractivity contribution in [1.82, 2.24) is 14.7 Å². The monoisotopic (exact) mass is 351 g/mol. The molecule has 0 N–H and O–H groups in total. The molecule has 4 nitrogen and oxygen atoms in total. The standard InChI is InChI=1S/C17H19Cl2N3O/c1-10-14(9-17(23)21(3)12-4-5-12)11(2)22(20-10)13-6-7-15(18)16(19)8-13/h6-8,12H,4-5,9H2,1-3H3. The third-order valence-electron chi connectivity index (χ3n) is 4.40. The van der Waals surface area contributed by atoms with Crippen LogP contribution in [0.1, 0.15) is 29.8 Å². The van der Waals surface area contributed by atoms with Gasteiger partial charge >= 0.3 is 0 Å². The molecule has 1 fully saturated rings. The minimum absolute atomic E-state index is 0.146. The van der Waals surface area contributed by atoms with E-state index in [-0.39, 0.29) is 5.91 Å². The Bertz CT molecular complexity index is 765. The number of nitrogens with zero attached hydrogens (tertiary/aromatic N) is 3. The first-order valence-corrected chi connectivity index (χ1v) is 8.40. The number of halogens is 2. The predicted molar refractivity (Wildman–Crippen MR) is 92.6 cm³/mol. The van der Waals surface area contributed by atoms with Gasteiger partial charge in [0.1, 0.15) is 0 Å². The fraction of sp³-hybridized carbons (Fsp3) is 0.412. The summed E-state index contributed by atoms with van der Waals surface area (Å²) >= 11 is 12.1. The largest absolute Gasteiger partial charge is 0.342 e. The van der Waals surface area contributed by atoms with Gasteiger partial charge in [-0.15, -0.1) is 0 Å². The zero-order chi connectivity index (χ0) is 16.7. The molecule has 122 valence electrons. The predicted octanol–water partition coefficient (Wildman–Crippen LogP) is 3.96. The van der Waals surface area contributed by atoms with Gasteiger partial charge in [0.2, 0.25) is 5.91 Å². The number of rotatable bonds is 4. The number of benzene rings is 1. The number of hydrogen-bond acceptors (Lipinski definition) is 2. The molecule has 1 aromatic heterocycles. The van der Waals surface area contributed by atoms with Crippen LogP contribution in [0.4, 0.5) is 0 Å². The summed E-state index contributed by atoms with van der Waals surface area (Å²) < 4.78 is 1.82. The van der Waals surface area contributed by atoms with Crippen molar-refractivity contribution in [2.24, 2.45) is 0 Å². The molecular weight excluding hydrogens is 333 g/mol. The van der Waals surface area contributed by atoms with Crippen LogP contribution >= 0.6 is 23.2 Å². The Balaban J connectivity index is 1.89. The molecule has 0 aliphatic heterocycles. The lowest BCUT2D eigenvalue weighted by molar-refractivity contribution is -0.129. The molecule has 1 aliphatic rings. The van der Waals surface area contributed by atoms with Crippen LogP contribution in [0.25, 0.3) is 5.69 Å². The summed E-state index contributed by atoms with van der Waals surface area (Å²) in [6, 6.07) is 5.83.